The second-order valence-corrected chi connectivity index (χ2v) is 4.54. The highest BCUT2D eigenvalue weighted by Crippen LogP contribution is 2.09. The first kappa shape index (κ1) is 12.0. The zero-order valence-electron chi connectivity index (χ0n) is 9.41. The summed E-state index contributed by atoms with van der Waals surface area (Å²) in [7, 11) is 0. The van der Waals surface area contributed by atoms with Gasteiger partial charge < -0.3 is 14.7 Å². The van der Waals surface area contributed by atoms with Gasteiger partial charge in [-0.25, -0.2) is 0 Å². The topological polar surface area (TPSA) is 32.7 Å². The van der Waals surface area contributed by atoms with Crippen molar-refractivity contribution >= 4 is 0 Å². The predicted octanol–water partition coefficient (Wildman–Crippen LogP) is 1.12. The molecule has 0 aliphatic carbocycles. The maximum atomic E-state index is 9.31. The van der Waals surface area contributed by atoms with Crippen LogP contribution in [0.4, 0.5) is 0 Å². The highest BCUT2D eigenvalue weighted by atomic mass is 16.5. The summed E-state index contributed by atoms with van der Waals surface area (Å²) < 4.78 is 5.52. The number of nitrogens with zero attached hydrogens (tertiary/aromatic N) is 1. The summed E-state index contributed by atoms with van der Waals surface area (Å²) in [4.78, 5) is 2.37. The van der Waals surface area contributed by atoms with Crippen LogP contribution >= 0.6 is 0 Å². The van der Waals surface area contributed by atoms with Crippen molar-refractivity contribution < 1.29 is 9.84 Å². The Morgan fingerprint density at radius 2 is 2.00 bits per heavy atom. The van der Waals surface area contributed by atoms with E-state index in [9.17, 15) is 5.11 Å². The second kappa shape index (κ2) is 6.38. The molecule has 0 radical (unpaired) electrons. The van der Waals surface area contributed by atoms with Crippen molar-refractivity contribution in [1.82, 2.24) is 4.90 Å². The van der Waals surface area contributed by atoms with Gasteiger partial charge in [0.1, 0.15) is 0 Å². The summed E-state index contributed by atoms with van der Waals surface area (Å²) in [6.45, 7) is 9.07. The van der Waals surface area contributed by atoms with Gasteiger partial charge in [-0.2, -0.15) is 0 Å². The summed E-state index contributed by atoms with van der Waals surface area (Å²) in [6, 6.07) is 0. The van der Waals surface area contributed by atoms with Gasteiger partial charge in [0.2, 0.25) is 0 Å². The lowest BCUT2D eigenvalue weighted by Crippen LogP contribution is -2.37. The molecule has 0 atom stereocenters. The highest BCUT2D eigenvalue weighted by molar-refractivity contribution is 4.70. The van der Waals surface area contributed by atoms with Crippen LogP contribution in [0.2, 0.25) is 0 Å². The molecule has 1 fully saturated rings. The molecule has 3 heteroatoms. The molecule has 0 saturated carbocycles. The highest BCUT2D eigenvalue weighted by Gasteiger charge is 2.15. The zero-order chi connectivity index (χ0) is 10.4. The third-order valence-corrected chi connectivity index (χ3v) is 2.56. The van der Waals surface area contributed by atoms with Crippen LogP contribution in [-0.4, -0.2) is 49.0 Å². The van der Waals surface area contributed by atoms with Gasteiger partial charge in [0.15, 0.2) is 0 Å². The minimum Gasteiger partial charge on any atom is -0.393 e. The van der Waals surface area contributed by atoms with E-state index in [1.165, 1.54) is 0 Å². The molecular formula is C11H23NO2. The Morgan fingerprint density at radius 1 is 1.36 bits per heavy atom. The Balaban J connectivity index is 1.96. The van der Waals surface area contributed by atoms with E-state index in [-0.39, 0.29) is 6.10 Å². The number of hydrogen-bond acceptors (Lipinski definition) is 3. The van der Waals surface area contributed by atoms with Crippen molar-refractivity contribution in [3.63, 3.8) is 0 Å². The first-order chi connectivity index (χ1) is 6.68. The molecule has 0 aromatic rings. The molecule has 0 aromatic heterocycles. The van der Waals surface area contributed by atoms with Gasteiger partial charge in [-0.3, -0.25) is 0 Å². The third kappa shape index (κ3) is 4.94. The molecule has 1 saturated heterocycles. The molecule has 0 amide bonds. The summed E-state index contributed by atoms with van der Waals surface area (Å²) in [5.41, 5.74) is 0. The van der Waals surface area contributed by atoms with E-state index in [1.54, 1.807) is 0 Å². The van der Waals surface area contributed by atoms with Crippen molar-refractivity contribution in [2.45, 2.75) is 32.8 Å². The van der Waals surface area contributed by atoms with Gasteiger partial charge >= 0.3 is 0 Å². The molecule has 3 nitrogen and oxygen atoms in total. The summed E-state index contributed by atoms with van der Waals surface area (Å²) in [5.74, 6) is 0.623. The number of rotatable bonds is 5. The van der Waals surface area contributed by atoms with Crippen molar-refractivity contribution in [3.05, 3.63) is 0 Å². The lowest BCUT2D eigenvalue weighted by Gasteiger charge is -2.29. The zero-order valence-corrected chi connectivity index (χ0v) is 9.41. The maximum absolute atomic E-state index is 9.31. The number of piperidine rings is 1. The quantitative estimate of drug-likeness (QED) is 0.676. The number of aliphatic hydroxyl groups is 1. The molecule has 1 N–H and O–H groups in total. The van der Waals surface area contributed by atoms with Crippen LogP contribution in [0.1, 0.15) is 26.7 Å². The second-order valence-electron chi connectivity index (χ2n) is 4.54. The number of ether oxygens (including phenoxy) is 1. The SMILES string of the molecule is CC(C)COCCN1CCC(O)CC1. The van der Waals surface area contributed by atoms with E-state index in [0.29, 0.717) is 5.92 Å². The van der Waals surface area contributed by atoms with Crippen molar-refractivity contribution in [2.24, 2.45) is 5.92 Å². The Kier molecular flexibility index (Phi) is 5.45. The van der Waals surface area contributed by atoms with Gasteiger partial charge in [-0.1, -0.05) is 13.8 Å². The first-order valence-electron chi connectivity index (χ1n) is 5.66. The molecule has 0 bridgehead atoms. The number of aliphatic hydroxyl groups excluding tert-OH is 1. The fourth-order valence-corrected chi connectivity index (χ4v) is 1.66. The van der Waals surface area contributed by atoms with Crippen molar-refractivity contribution in [1.29, 1.82) is 0 Å². The molecule has 1 aliphatic heterocycles. The van der Waals surface area contributed by atoms with Gasteiger partial charge in [0, 0.05) is 26.2 Å². The van der Waals surface area contributed by atoms with Gasteiger partial charge in [-0.15, -0.1) is 0 Å². The molecule has 84 valence electrons. The van der Waals surface area contributed by atoms with E-state index in [1.807, 2.05) is 0 Å². The lowest BCUT2D eigenvalue weighted by molar-refractivity contribution is 0.0494. The molecule has 1 aliphatic rings. The number of hydrogen-bond donors (Lipinski definition) is 1. The van der Waals surface area contributed by atoms with Crippen LogP contribution in [0.15, 0.2) is 0 Å². The molecule has 14 heavy (non-hydrogen) atoms. The van der Waals surface area contributed by atoms with E-state index < -0.39 is 0 Å². The summed E-state index contributed by atoms with van der Waals surface area (Å²) >= 11 is 0. The van der Waals surface area contributed by atoms with Gasteiger partial charge in [0.25, 0.3) is 0 Å². The third-order valence-electron chi connectivity index (χ3n) is 2.56. The van der Waals surface area contributed by atoms with Crippen molar-refractivity contribution in [2.75, 3.05) is 32.8 Å². The van der Waals surface area contributed by atoms with E-state index in [0.717, 1.165) is 45.7 Å². The maximum Gasteiger partial charge on any atom is 0.0593 e. The van der Waals surface area contributed by atoms with Crippen LogP contribution < -0.4 is 0 Å². The largest absolute Gasteiger partial charge is 0.393 e. The molecule has 1 heterocycles. The molecule has 1 rings (SSSR count). The average molecular weight is 201 g/mol. The normalized spacial score (nSPS) is 20.6. The fraction of sp³-hybridized carbons (Fsp3) is 1.00. The standard InChI is InChI=1S/C11H23NO2/c1-10(2)9-14-8-7-12-5-3-11(13)4-6-12/h10-11,13H,3-9H2,1-2H3. The Bertz CT molecular complexity index is 142. The van der Waals surface area contributed by atoms with E-state index >= 15 is 0 Å². The Labute approximate surface area is 87.1 Å². The fourth-order valence-electron chi connectivity index (χ4n) is 1.66. The Hall–Kier alpha value is -0.120. The molecular weight excluding hydrogens is 178 g/mol. The van der Waals surface area contributed by atoms with Gasteiger partial charge in [-0.05, 0) is 18.8 Å². The monoisotopic (exact) mass is 201 g/mol. The average Bonchev–Trinajstić information content (AvgIpc) is 2.15. The lowest BCUT2D eigenvalue weighted by atomic mass is 10.1. The van der Waals surface area contributed by atoms with E-state index in [4.69, 9.17) is 4.74 Å². The van der Waals surface area contributed by atoms with Crippen LogP contribution in [0, 0.1) is 5.92 Å². The van der Waals surface area contributed by atoms with E-state index in [2.05, 4.69) is 18.7 Å². The smallest absolute Gasteiger partial charge is 0.0593 e. The van der Waals surface area contributed by atoms with Crippen LogP contribution in [0.5, 0.6) is 0 Å². The summed E-state index contributed by atoms with van der Waals surface area (Å²) in [6.07, 6.45) is 1.77. The Morgan fingerprint density at radius 3 is 2.57 bits per heavy atom. The minimum absolute atomic E-state index is 0.0668. The van der Waals surface area contributed by atoms with Crippen LogP contribution in [0.25, 0.3) is 0 Å². The minimum atomic E-state index is -0.0668. The van der Waals surface area contributed by atoms with Crippen LogP contribution in [-0.2, 0) is 4.74 Å². The molecule has 0 aromatic carbocycles. The molecule has 0 spiro atoms. The predicted molar refractivity (Wildman–Crippen MR) is 57.3 cm³/mol. The van der Waals surface area contributed by atoms with Crippen LogP contribution in [0.3, 0.4) is 0 Å². The summed E-state index contributed by atoms with van der Waals surface area (Å²) in [5, 5.41) is 9.31. The first-order valence-corrected chi connectivity index (χ1v) is 5.66. The number of likely N-dealkylation sites (tertiary alicyclic amines) is 1. The van der Waals surface area contributed by atoms with Gasteiger partial charge in [0.05, 0.1) is 12.7 Å². The molecule has 0 unspecified atom stereocenters. The van der Waals surface area contributed by atoms with Crippen molar-refractivity contribution in [3.8, 4) is 0 Å².